The number of nitrogens with one attached hydrogen (secondary N) is 2. The number of rotatable bonds is 10. The lowest BCUT2D eigenvalue weighted by atomic mass is 9.98. The van der Waals surface area contributed by atoms with Crippen LogP contribution in [0.25, 0.3) is 11.1 Å². The fourth-order valence-electron chi connectivity index (χ4n) is 3.25. The smallest absolute Gasteiger partial charge is 0.191 e. The van der Waals surface area contributed by atoms with Gasteiger partial charge in [-0.3, -0.25) is 0 Å². The van der Waals surface area contributed by atoms with Gasteiger partial charge < -0.3 is 19.9 Å². The number of guanidine groups is 1. The number of hydrogen-bond acceptors (Lipinski definition) is 3. The van der Waals surface area contributed by atoms with Crippen molar-refractivity contribution >= 4 is 29.9 Å². The van der Waals surface area contributed by atoms with Crippen molar-refractivity contribution in [2.75, 3.05) is 26.8 Å². The molecule has 0 aliphatic rings. The summed E-state index contributed by atoms with van der Waals surface area (Å²) in [6, 6.07) is 17.2. The number of aromatic nitrogens is 2. The lowest BCUT2D eigenvalue weighted by Crippen LogP contribution is -2.38. The van der Waals surface area contributed by atoms with E-state index in [2.05, 4.69) is 75.6 Å². The largest absolute Gasteiger partial charge is 0.385 e. The Hall–Kier alpha value is -2.39. The zero-order valence-corrected chi connectivity index (χ0v) is 20.6. The SMILES string of the molecule is CCNC(=NCc1ccccc1-c1ccc(Cn2ccnc2)cc1)NCCCOC.I. The lowest BCUT2D eigenvalue weighted by molar-refractivity contribution is 0.195. The van der Waals surface area contributed by atoms with E-state index >= 15 is 0 Å². The van der Waals surface area contributed by atoms with Gasteiger partial charge in [0.2, 0.25) is 0 Å². The quantitative estimate of drug-likeness (QED) is 0.177. The van der Waals surface area contributed by atoms with Crippen LogP contribution in [0.1, 0.15) is 24.5 Å². The molecular weight excluding hydrogens is 501 g/mol. The number of ether oxygens (including phenoxy) is 1. The highest BCUT2D eigenvalue weighted by Gasteiger charge is 2.06. The van der Waals surface area contributed by atoms with Crippen LogP contribution in [-0.4, -0.2) is 42.3 Å². The van der Waals surface area contributed by atoms with Crippen LogP contribution in [0.5, 0.6) is 0 Å². The summed E-state index contributed by atoms with van der Waals surface area (Å²) in [5.74, 6) is 0.832. The summed E-state index contributed by atoms with van der Waals surface area (Å²) in [4.78, 5) is 8.88. The van der Waals surface area contributed by atoms with Crippen molar-refractivity contribution in [1.29, 1.82) is 0 Å². The average Bonchev–Trinajstić information content (AvgIpc) is 3.29. The van der Waals surface area contributed by atoms with Crippen molar-refractivity contribution in [2.45, 2.75) is 26.4 Å². The van der Waals surface area contributed by atoms with Gasteiger partial charge in [-0.15, -0.1) is 24.0 Å². The number of benzene rings is 2. The molecule has 1 aromatic heterocycles. The van der Waals surface area contributed by atoms with Crippen molar-refractivity contribution < 1.29 is 4.74 Å². The Labute approximate surface area is 202 Å². The summed E-state index contributed by atoms with van der Waals surface area (Å²) >= 11 is 0. The molecule has 0 radical (unpaired) electrons. The van der Waals surface area contributed by atoms with E-state index in [1.54, 1.807) is 13.3 Å². The third-order valence-corrected chi connectivity index (χ3v) is 4.78. The van der Waals surface area contributed by atoms with Crippen LogP contribution in [-0.2, 0) is 17.8 Å². The van der Waals surface area contributed by atoms with E-state index in [0.29, 0.717) is 6.54 Å². The second-order valence-electron chi connectivity index (χ2n) is 7.06. The van der Waals surface area contributed by atoms with Gasteiger partial charge in [0.05, 0.1) is 12.9 Å². The highest BCUT2D eigenvalue weighted by molar-refractivity contribution is 14.0. The number of methoxy groups -OCH3 is 1. The molecule has 1 heterocycles. The van der Waals surface area contributed by atoms with Gasteiger partial charge in [0.25, 0.3) is 0 Å². The van der Waals surface area contributed by atoms with Crippen LogP contribution in [0.3, 0.4) is 0 Å². The molecule has 166 valence electrons. The van der Waals surface area contributed by atoms with Crippen LogP contribution in [0.4, 0.5) is 0 Å². The average molecular weight is 533 g/mol. The molecule has 0 fully saturated rings. The van der Waals surface area contributed by atoms with E-state index in [0.717, 1.165) is 38.6 Å². The topological polar surface area (TPSA) is 63.5 Å². The molecule has 0 unspecified atom stereocenters. The van der Waals surface area contributed by atoms with Gasteiger partial charge >= 0.3 is 0 Å². The fourth-order valence-corrected chi connectivity index (χ4v) is 3.25. The van der Waals surface area contributed by atoms with Gasteiger partial charge in [-0.1, -0.05) is 48.5 Å². The Morgan fingerprint density at radius 3 is 2.61 bits per heavy atom. The minimum absolute atomic E-state index is 0. The van der Waals surface area contributed by atoms with Crippen LogP contribution >= 0.6 is 24.0 Å². The van der Waals surface area contributed by atoms with Gasteiger partial charge in [0, 0.05) is 45.7 Å². The van der Waals surface area contributed by atoms with E-state index in [1.165, 1.54) is 22.3 Å². The molecule has 0 saturated heterocycles. The predicted molar refractivity (Wildman–Crippen MR) is 138 cm³/mol. The fraction of sp³-hybridized carbons (Fsp3) is 0.333. The van der Waals surface area contributed by atoms with Gasteiger partial charge in [-0.2, -0.15) is 0 Å². The van der Waals surface area contributed by atoms with Crippen molar-refractivity contribution in [3.8, 4) is 11.1 Å². The molecule has 0 aliphatic carbocycles. The van der Waals surface area contributed by atoms with E-state index < -0.39 is 0 Å². The monoisotopic (exact) mass is 533 g/mol. The van der Waals surface area contributed by atoms with Crippen LogP contribution in [0, 0.1) is 0 Å². The molecule has 6 nitrogen and oxygen atoms in total. The number of hydrogen-bond donors (Lipinski definition) is 2. The summed E-state index contributed by atoms with van der Waals surface area (Å²) in [5.41, 5.74) is 4.87. The first-order valence-corrected chi connectivity index (χ1v) is 10.4. The summed E-state index contributed by atoms with van der Waals surface area (Å²) < 4.78 is 7.18. The first kappa shape index (κ1) is 24.9. The third kappa shape index (κ3) is 7.99. The molecule has 0 saturated carbocycles. The molecule has 2 aromatic carbocycles. The number of halogens is 1. The maximum Gasteiger partial charge on any atom is 0.191 e. The third-order valence-electron chi connectivity index (χ3n) is 4.78. The molecule has 0 amide bonds. The van der Waals surface area contributed by atoms with E-state index in [-0.39, 0.29) is 24.0 Å². The van der Waals surface area contributed by atoms with Gasteiger partial charge in [0.1, 0.15) is 0 Å². The van der Waals surface area contributed by atoms with Crippen LogP contribution in [0.15, 0.2) is 72.2 Å². The summed E-state index contributed by atoms with van der Waals surface area (Å²) in [6.07, 6.45) is 6.57. The Balaban J connectivity index is 0.00000341. The van der Waals surface area contributed by atoms with E-state index in [9.17, 15) is 0 Å². The summed E-state index contributed by atoms with van der Waals surface area (Å²) in [5, 5.41) is 6.67. The van der Waals surface area contributed by atoms with Gasteiger partial charge in [-0.25, -0.2) is 9.98 Å². The van der Waals surface area contributed by atoms with Gasteiger partial charge in [0.15, 0.2) is 5.96 Å². The zero-order chi connectivity index (χ0) is 21.0. The molecule has 31 heavy (non-hydrogen) atoms. The first-order chi connectivity index (χ1) is 14.8. The molecule has 3 rings (SSSR count). The van der Waals surface area contributed by atoms with Crippen molar-refractivity contribution in [1.82, 2.24) is 20.2 Å². The molecule has 3 aromatic rings. The summed E-state index contributed by atoms with van der Waals surface area (Å²) in [7, 11) is 1.72. The molecule has 7 heteroatoms. The Kier molecular flexibility index (Phi) is 11.1. The predicted octanol–water partition coefficient (Wildman–Crippen LogP) is 4.31. The highest BCUT2D eigenvalue weighted by atomic mass is 127. The Morgan fingerprint density at radius 2 is 1.90 bits per heavy atom. The Morgan fingerprint density at radius 1 is 1.10 bits per heavy atom. The van der Waals surface area contributed by atoms with E-state index in [1.807, 2.05) is 12.5 Å². The minimum atomic E-state index is 0. The number of nitrogens with zero attached hydrogens (tertiary/aromatic N) is 3. The maximum atomic E-state index is 5.11. The molecule has 0 spiro atoms. The van der Waals surface area contributed by atoms with Crippen molar-refractivity contribution in [3.05, 3.63) is 78.4 Å². The van der Waals surface area contributed by atoms with Crippen molar-refractivity contribution in [2.24, 2.45) is 4.99 Å². The molecular formula is C24H32IN5O. The zero-order valence-electron chi connectivity index (χ0n) is 18.3. The Bertz CT molecular complexity index is 910. The highest BCUT2D eigenvalue weighted by Crippen LogP contribution is 2.25. The van der Waals surface area contributed by atoms with Crippen LogP contribution in [0.2, 0.25) is 0 Å². The minimum Gasteiger partial charge on any atom is -0.385 e. The first-order valence-electron chi connectivity index (χ1n) is 10.4. The maximum absolute atomic E-state index is 5.11. The molecule has 0 aliphatic heterocycles. The molecule has 0 bridgehead atoms. The van der Waals surface area contributed by atoms with Crippen molar-refractivity contribution in [3.63, 3.8) is 0 Å². The lowest BCUT2D eigenvalue weighted by Gasteiger charge is -2.13. The van der Waals surface area contributed by atoms with Gasteiger partial charge in [-0.05, 0) is 35.6 Å². The normalized spacial score (nSPS) is 11.1. The molecule has 0 atom stereocenters. The van der Waals surface area contributed by atoms with Crippen LogP contribution < -0.4 is 10.6 Å². The second-order valence-corrected chi connectivity index (χ2v) is 7.06. The second kappa shape index (κ2) is 13.8. The molecule has 2 N–H and O–H groups in total. The van der Waals surface area contributed by atoms with E-state index in [4.69, 9.17) is 9.73 Å². The number of imidazole rings is 1. The standard InChI is InChI=1S/C24H31N5O.HI/c1-3-26-24(27-13-6-16-30-2)28-17-22-7-4-5-8-23(22)21-11-9-20(10-12-21)18-29-15-14-25-19-29;/h4-5,7-12,14-15,19H,3,6,13,16-18H2,1-2H3,(H2,26,27,28);1H. The summed E-state index contributed by atoms with van der Waals surface area (Å²) in [6.45, 7) is 5.92. The number of aliphatic imine (C=N–C) groups is 1.